The summed E-state index contributed by atoms with van der Waals surface area (Å²) in [4.78, 5) is 2.42. The molecule has 0 amide bonds. The Morgan fingerprint density at radius 3 is 2.95 bits per heavy atom. The van der Waals surface area contributed by atoms with Crippen LogP contribution in [-0.4, -0.2) is 29.6 Å². The molecule has 0 radical (unpaired) electrons. The molecule has 2 aliphatic rings. The Balaban J connectivity index is 1.65. The molecular formula is C17H25NO. The minimum atomic E-state index is -0.323. The fraction of sp³-hybridized carbons (Fsp3) is 0.647. The number of rotatable bonds is 3. The number of piperidine rings is 1. The van der Waals surface area contributed by atoms with Crippen LogP contribution in [0.5, 0.6) is 0 Å². The lowest BCUT2D eigenvalue weighted by molar-refractivity contribution is 0.0875. The second-order valence-electron chi connectivity index (χ2n) is 6.40. The molecule has 2 unspecified atom stereocenters. The van der Waals surface area contributed by atoms with E-state index in [9.17, 15) is 5.11 Å². The molecule has 19 heavy (non-hydrogen) atoms. The van der Waals surface area contributed by atoms with E-state index in [-0.39, 0.29) is 6.10 Å². The van der Waals surface area contributed by atoms with Gasteiger partial charge in [0.25, 0.3) is 0 Å². The molecule has 0 saturated carbocycles. The first kappa shape index (κ1) is 13.1. The largest absolute Gasteiger partial charge is 0.387 e. The highest BCUT2D eigenvalue weighted by atomic mass is 16.3. The standard InChI is InChI=1S/C17H25NO/c1-13-4-3-9-18(11-13)12-17(19)16-8-7-14-5-2-6-15(14)10-16/h7-8,10,13,17,19H,2-6,9,11-12H2,1H3. The normalized spacial score (nSPS) is 25.3. The van der Waals surface area contributed by atoms with Crippen molar-refractivity contribution in [3.8, 4) is 0 Å². The van der Waals surface area contributed by atoms with Gasteiger partial charge < -0.3 is 10.0 Å². The van der Waals surface area contributed by atoms with Crippen LogP contribution in [0.2, 0.25) is 0 Å². The molecule has 1 aliphatic heterocycles. The van der Waals surface area contributed by atoms with E-state index in [1.54, 1.807) is 0 Å². The predicted molar refractivity (Wildman–Crippen MR) is 78.3 cm³/mol. The molecule has 1 saturated heterocycles. The molecule has 1 N–H and O–H groups in total. The minimum absolute atomic E-state index is 0.323. The van der Waals surface area contributed by atoms with Gasteiger partial charge in [-0.2, -0.15) is 0 Å². The fourth-order valence-electron chi connectivity index (χ4n) is 3.60. The first-order valence-corrected chi connectivity index (χ1v) is 7.74. The van der Waals surface area contributed by atoms with Crippen LogP contribution in [0, 0.1) is 5.92 Å². The number of aliphatic hydroxyl groups is 1. The quantitative estimate of drug-likeness (QED) is 0.902. The number of hydrogen-bond donors (Lipinski definition) is 1. The van der Waals surface area contributed by atoms with Gasteiger partial charge in [-0.15, -0.1) is 0 Å². The second-order valence-corrected chi connectivity index (χ2v) is 6.40. The average Bonchev–Trinajstić information content (AvgIpc) is 2.85. The topological polar surface area (TPSA) is 23.5 Å². The molecule has 0 aromatic heterocycles. The first-order valence-electron chi connectivity index (χ1n) is 7.74. The third kappa shape index (κ3) is 3.01. The lowest BCUT2D eigenvalue weighted by Gasteiger charge is -2.32. The average molecular weight is 259 g/mol. The summed E-state index contributed by atoms with van der Waals surface area (Å²) in [6, 6.07) is 6.59. The van der Waals surface area contributed by atoms with Gasteiger partial charge in [0, 0.05) is 13.1 Å². The molecule has 2 nitrogen and oxygen atoms in total. The molecule has 1 fully saturated rings. The summed E-state index contributed by atoms with van der Waals surface area (Å²) in [5.41, 5.74) is 4.06. The smallest absolute Gasteiger partial charge is 0.0917 e. The van der Waals surface area contributed by atoms with E-state index in [4.69, 9.17) is 0 Å². The van der Waals surface area contributed by atoms with E-state index in [0.717, 1.165) is 31.1 Å². The van der Waals surface area contributed by atoms with Gasteiger partial charge in [-0.05, 0) is 61.3 Å². The molecule has 2 heteroatoms. The zero-order valence-corrected chi connectivity index (χ0v) is 11.9. The molecule has 0 spiro atoms. The van der Waals surface area contributed by atoms with Gasteiger partial charge in [0.15, 0.2) is 0 Å². The minimum Gasteiger partial charge on any atom is -0.387 e. The van der Waals surface area contributed by atoms with Crippen molar-refractivity contribution in [3.05, 3.63) is 34.9 Å². The summed E-state index contributed by atoms with van der Waals surface area (Å²) in [5, 5.41) is 10.4. The maximum Gasteiger partial charge on any atom is 0.0917 e. The third-order valence-corrected chi connectivity index (χ3v) is 4.68. The van der Waals surface area contributed by atoms with Gasteiger partial charge in [-0.1, -0.05) is 25.1 Å². The summed E-state index contributed by atoms with van der Waals surface area (Å²) >= 11 is 0. The molecule has 1 aromatic rings. The van der Waals surface area contributed by atoms with Crippen molar-refractivity contribution in [1.29, 1.82) is 0 Å². The van der Waals surface area contributed by atoms with Crippen molar-refractivity contribution in [3.63, 3.8) is 0 Å². The molecule has 1 aliphatic carbocycles. The van der Waals surface area contributed by atoms with Crippen molar-refractivity contribution in [2.45, 2.75) is 45.1 Å². The molecule has 0 bridgehead atoms. The number of aliphatic hydroxyl groups excluding tert-OH is 1. The Bertz CT molecular complexity index is 443. The van der Waals surface area contributed by atoms with Gasteiger partial charge in [0.2, 0.25) is 0 Å². The first-order chi connectivity index (χ1) is 9.22. The lowest BCUT2D eigenvalue weighted by Crippen LogP contribution is -2.37. The Morgan fingerprint density at radius 2 is 2.11 bits per heavy atom. The van der Waals surface area contributed by atoms with E-state index >= 15 is 0 Å². The zero-order chi connectivity index (χ0) is 13.2. The Kier molecular flexibility index (Phi) is 3.90. The van der Waals surface area contributed by atoms with Gasteiger partial charge in [-0.3, -0.25) is 0 Å². The summed E-state index contributed by atoms with van der Waals surface area (Å²) < 4.78 is 0. The highest BCUT2D eigenvalue weighted by Crippen LogP contribution is 2.26. The van der Waals surface area contributed by atoms with Gasteiger partial charge >= 0.3 is 0 Å². The SMILES string of the molecule is CC1CCCN(CC(O)c2ccc3c(c2)CCC3)C1. The van der Waals surface area contributed by atoms with Crippen LogP contribution in [0.25, 0.3) is 0 Å². The van der Waals surface area contributed by atoms with Crippen LogP contribution < -0.4 is 0 Å². The number of β-amino-alcohol motifs (C(OH)–C–C–N with tert-alkyl or cyclic N) is 1. The number of hydrogen-bond acceptors (Lipinski definition) is 2. The number of likely N-dealkylation sites (tertiary alicyclic amines) is 1. The number of benzene rings is 1. The lowest BCUT2D eigenvalue weighted by atomic mass is 9.98. The van der Waals surface area contributed by atoms with Gasteiger partial charge in [0.05, 0.1) is 6.10 Å². The number of aryl methyl sites for hydroxylation is 2. The molecule has 1 heterocycles. The fourth-order valence-corrected chi connectivity index (χ4v) is 3.60. The van der Waals surface area contributed by atoms with Crippen molar-refractivity contribution in [2.75, 3.05) is 19.6 Å². The molecule has 1 aromatic carbocycles. The predicted octanol–water partition coefficient (Wildman–Crippen LogP) is 2.94. The Hall–Kier alpha value is -0.860. The van der Waals surface area contributed by atoms with E-state index in [0.29, 0.717) is 0 Å². The maximum atomic E-state index is 10.4. The van der Waals surface area contributed by atoms with Crippen LogP contribution in [-0.2, 0) is 12.8 Å². The summed E-state index contributed by atoms with van der Waals surface area (Å²) in [6.07, 6.45) is 5.98. The van der Waals surface area contributed by atoms with Crippen LogP contribution in [0.4, 0.5) is 0 Å². The summed E-state index contributed by atoms with van der Waals surface area (Å²) in [5.74, 6) is 0.779. The van der Waals surface area contributed by atoms with Crippen LogP contribution in [0.1, 0.15) is 49.0 Å². The van der Waals surface area contributed by atoms with Crippen LogP contribution in [0.15, 0.2) is 18.2 Å². The number of nitrogens with zero attached hydrogens (tertiary/aromatic N) is 1. The van der Waals surface area contributed by atoms with Gasteiger partial charge in [-0.25, -0.2) is 0 Å². The van der Waals surface area contributed by atoms with E-state index in [1.165, 1.54) is 43.2 Å². The van der Waals surface area contributed by atoms with E-state index < -0.39 is 0 Å². The summed E-state index contributed by atoms with van der Waals surface area (Å²) in [7, 11) is 0. The van der Waals surface area contributed by atoms with Gasteiger partial charge in [0.1, 0.15) is 0 Å². The molecule has 104 valence electrons. The van der Waals surface area contributed by atoms with Crippen molar-refractivity contribution in [2.24, 2.45) is 5.92 Å². The second kappa shape index (κ2) is 5.64. The van der Waals surface area contributed by atoms with E-state index in [1.807, 2.05) is 0 Å². The molecule has 3 rings (SSSR count). The van der Waals surface area contributed by atoms with Crippen molar-refractivity contribution >= 4 is 0 Å². The Morgan fingerprint density at radius 1 is 1.26 bits per heavy atom. The van der Waals surface area contributed by atoms with Crippen molar-refractivity contribution < 1.29 is 5.11 Å². The third-order valence-electron chi connectivity index (χ3n) is 4.68. The summed E-state index contributed by atoms with van der Waals surface area (Å²) in [6.45, 7) is 5.39. The highest BCUT2D eigenvalue weighted by Gasteiger charge is 2.20. The highest BCUT2D eigenvalue weighted by molar-refractivity contribution is 5.36. The molecular weight excluding hydrogens is 234 g/mol. The number of fused-ring (bicyclic) bond motifs is 1. The zero-order valence-electron chi connectivity index (χ0n) is 11.9. The van der Waals surface area contributed by atoms with Crippen LogP contribution >= 0.6 is 0 Å². The van der Waals surface area contributed by atoms with Crippen LogP contribution in [0.3, 0.4) is 0 Å². The molecule has 2 atom stereocenters. The van der Waals surface area contributed by atoms with E-state index in [2.05, 4.69) is 30.0 Å². The Labute approximate surface area is 116 Å². The monoisotopic (exact) mass is 259 g/mol. The van der Waals surface area contributed by atoms with Crippen molar-refractivity contribution in [1.82, 2.24) is 4.90 Å². The maximum absolute atomic E-state index is 10.4.